The van der Waals surface area contributed by atoms with Crippen LogP contribution in [0.1, 0.15) is 15.9 Å². The van der Waals surface area contributed by atoms with Crippen LogP contribution in [0.15, 0.2) is 77.3 Å². The van der Waals surface area contributed by atoms with Crippen LogP contribution in [0.4, 0.5) is 0 Å². The van der Waals surface area contributed by atoms with Crippen LogP contribution in [-0.2, 0) is 4.65 Å². The molecule has 118 valence electrons. The van der Waals surface area contributed by atoms with E-state index in [0.717, 1.165) is 20.8 Å². The van der Waals surface area contributed by atoms with E-state index in [9.17, 15) is 4.79 Å². The number of halogens is 1. The molecule has 3 aromatic rings. The molecule has 0 spiro atoms. The third-order valence-corrected chi connectivity index (χ3v) is 4.25. The number of ketones is 1. The molecular formula is C20H16BBrO2. The van der Waals surface area contributed by atoms with Crippen molar-refractivity contribution in [2.24, 2.45) is 0 Å². The minimum Gasteiger partial charge on any atom is -0.564 e. The maximum Gasteiger partial charge on any atom is 0.336 e. The van der Waals surface area contributed by atoms with E-state index >= 15 is 0 Å². The van der Waals surface area contributed by atoms with Crippen molar-refractivity contribution in [3.8, 4) is 0 Å². The largest absolute Gasteiger partial charge is 0.564 e. The molecule has 0 aliphatic carbocycles. The molecule has 3 rings (SSSR count). The summed E-state index contributed by atoms with van der Waals surface area (Å²) in [7, 11) is 0.506. The Balaban J connectivity index is 1.98. The van der Waals surface area contributed by atoms with E-state index in [4.69, 9.17) is 4.65 Å². The molecule has 0 atom stereocenters. The fraction of sp³-hybridized carbons (Fsp3) is 0.0500. The number of fused-ring (bicyclic) bond motifs is 1. The molecule has 0 N–H and O–H groups in total. The average Bonchev–Trinajstić information content (AvgIpc) is 2.61. The lowest BCUT2D eigenvalue weighted by Crippen LogP contribution is -2.00. The summed E-state index contributed by atoms with van der Waals surface area (Å²) in [6, 6.07) is 21.5. The van der Waals surface area contributed by atoms with Crippen LogP contribution in [0.3, 0.4) is 0 Å². The molecule has 24 heavy (non-hydrogen) atoms. The summed E-state index contributed by atoms with van der Waals surface area (Å²) in [5, 5.41) is 2.29. The highest BCUT2D eigenvalue weighted by Crippen LogP contribution is 2.23. The lowest BCUT2D eigenvalue weighted by molar-refractivity contribution is 0.104. The van der Waals surface area contributed by atoms with Crippen molar-refractivity contribution >= 4 is 45.7 Å². The van der Waals surface area contributed by atoms with E-state index in [1.807, 2.05) is 49.3 Å². The second-order valence-corrected chi connectivity index (χ2v) is 6.29. The number of rotatable bonds is 5. The Morgan fingerprint density at radius 2 is 1.62 bits per heavy atom. The number of hydrogen-bond donors (Lipinski definition) is 0. The Morgan fingerprint density at radius 1 is 0.958 bits per heavy atom. The van der Waals surface area contributed by atoms with Gasteiger partial charge in [0.2, 0.25) is 0 Å². The zero-order valence-electron chi connectivity index (χ0n) is 13.3. The van der Waals surface area contributed by atoms with Crippen molar-refractivity contribution in [1.29, 1.82) is 0 Å². The highest BCUT2D eigenvalue weighted by atomic mass is 79.9. The van der Waals surface area contributed by atoms with Gasteiger partial charge in [0.25, 0.3) is 0 Å². The van der Waals surface area contributed by atoms with Crippen LogP contribution >= 0.6 is 15.9 Å². The lowest BCUT2D eigenvalue weighted by Gasteiger charge is -2.10. The highest BCUT2D eigenvalue weighted by molar-refractivity contribution is 9.10. The van der Waals surface area contributed by atoms with Crippen molar-refractivity contribution in [3.05, 3.63) is 88.4 Å². The van der Waals surface area contributed by atoms with Gasteiger partial charge in [-0.1, -0.05) is 59.2 Å². The number of hydrogen-bond acceptors (Lipinski definition) is 2. The van der Waals surface area contributed by atoms with Crippen LogP contribution < -0.4 is 0 Å². The van der Waals surface area contributed by atoms with Crippen molar-refractivity contribution < 1.29 is 9.45 Å². The first-order chi connectivity index (χ1) is 11.7. The summed E-state index contributed by atoms with van der Waals surface area (Å²) < 4.78 is 6.67. The molecule has 0 unspecified atom stereocenters. The highest BCUT2D eigenvalue weighted by Gasteiger charge is 2.09. The minimum absolute atomic E-state index is 0.0703. The van der Waals surface area contributed by atoms with Gasteiger partial charge in [-0.25, -0.2) is 0 Å². The summed E-state index contributed by atoms with van der Waals surface area (Å²) in [6.07, 6.45) is 1.57. The number of carbonyl (C=O) groups is 1. The molecular weight excluding hydrogens is 363 g/mol. The van der Waals surface area contributed by atoms with Gasteiger partial charge in [0, 0.05) is 21.7 Å². The molecule has 0 bridgehead atoms. The minimum atomic E-state index is -0.0703. The standard InChI is InChI=1S/C20H16BBrO2/c1-21-24-20(13-19(23)15-8-10-18(22)11-9-15)17-7-6-14-4-2-3-5-16(14)12-17/h2-13,21H,1H3/b20-13-. The van der Waals surface area contributed by atoms with Crippen LogP contribution in [0.2, 0.25) is 6.82 Å². The summed E-state index contributed by atoms with van der Waals surface area (Å²) >= 11 is 3.38. The van der Waals surface area contributed by atoms with Gasteiger partial charge < -0.3 is 4.65 Å². The smallest absolute Gasteiger partial charge is 0.336 e. The van der Waals surface area contributed by atoms with Crippen molar-refractivity contribution in [3.63, 3.8) is 0 Å². The zero-order chi connectivity index (χ0) is 16.9. The molecule has 0 aliphatic heterocycles. The SMILES string of the molecule is CBO/C(=C\C(=O)c1ccc(Br)cc1)c1ccc2ccccc2c1. The van der Waals surface area contributed by atoms with Gasteiger partial charge in [0.05, 0.1) is 0 Å². The molecule has 0 fully saturated rings. The third kappa shape index (κ3) is 3.77. The number of benzene rings is 3. The zero-order valence-corrected chi connectivity index (χ0v) is 14.9. The lowest BCUT2D eigenvalue weighted by atomic mass is 10.0. The maximum absolute atomic E-state index is 12.5. The predicted octanol–water partition coefficient (Wildman–Crippen LogP) is 5.24. The quantitative estimate of drug-likeness (QED) is 0.262. The summed E-state index contributed by atoms with van der Waals surface area (Å²) in [5.41, 5.74) is 1.54. The molecule has 0 amide bonds. The number of allylic oxidation sites excluding steroid dienone is 1. The third-order valence-electron chi connectivity index (χ3n) is 3.72. The van der Waals surface area contributed by atoms with E-state index in [1.165, 1.54) is 0 Å². The van der Waals surface area contributed by atoms with E-state index in [0.29, 0.717) is 18.8 Å². The van der Waals surface area contributed by atoms with Gasteiger partial charge in [-0.2, -0.15) is 0 Å². The van der Waals surface area contributed by atoms with Crippen LogP contribution in [0.25, 0.3) is 16.5 Å². The van der Waals surface area contributed by atoms with E-state index < -0.39 is 0 Å². The molecule has 0 aromatic heterocycles. The Morgan fingerprint density at radius 3 is 2.33 bits per heavy atom. The number of carbonyl (C=O) groups excluding carboxylic acids is 1. The van der Waals surface area contributed by atoms with E-state index in [2.05, 4.69) is 28.1 Å². The van der Waals surface area contributed by atoms with Gasteiger partial charge in [0.15, 0.2) is 5.78 Å². The normalized spacial score (nSPS) is 11.3. The van der Waals surface area contributed by atoms with Gasteiger partial charge in [-0.15, -0.1) is 0 Å². The molecule has 4 heteroatoms. The van der Waals surface area contributed by atoms with Crippen molar-refractivity contribution in [2.75, 3.05) is 0 Å². The summed E-state index contributed by atoms with van der Waals surface area (Å²) in [6.45, 7) is 1.92. The average molecular weight is 379 g/mol. The molecule has 3 aromatic carbocycles. The molecule has 0 saturated heterocycles. The topological polar surface area (TPSA) is 26.3 Å². The monoisotopic (exact) mass is 378 g/mol. The fourth-order valence-corrected chi connectivity index (χ4v) is 2.79. The molecule has 0 heterocycles. The predicted molar refractivity (Wildman–Crippen MR) is 104 cm³/mol. The molecule has 0 aliphatic rings. The van der Waals surface area contributed by atoms with Gasteiger partial charge in [-0.3, -0.25) is 4.79 Å². The van der Waals surface area contributed by atoms with Crippen molar-refractivity contribution in [1.82, 2.24) is 0 Å². The molecule has 0 radical (unpaired) electrons. The molecule has 2 nitrogen and oxygen atoms in total. The van der Waals surface area contributed by atoms with Crippen LogP contribution in [-0.4, -0.2) is 13.3 Å². The summed E-state index contributed by atoms with van der Waals surface area (Å²) in [4.78, 5) is 12.5. The first-order valence-corrected chi connectivity index (χ1v) is 8.60. The van der Waals surface area contributed by atoms with Crippen molar-refractivity contribution in [2.45, 2.75) is 6.82 Å². The van der Waals surface area contributed by atoms with Gasteiger partial charge in [-0.05, 0) is 41.1 Å². The first-order valence-electron chi connectivity index (χ1n) is 7.81. The van der Waals surface area contributed by atoms with Crippen LogP contribution in [0.5, 0.6) is 0 Å². The Kier molecular flexibility index (Phi) is 5.16. The Hall–Kier alpha value is -2.33. The first kappa shape index (κ1) is 16.5. The van der Waals surface area contributed by atoms with Crippen LogP contribution in [0, 0.1) is 0 Å². The van der Waals surface area contributed by atoms with Gasteiger partial charge in [0.1, 0.15) is 5.76 Å². The second-order valence-electron chi connectivity index (χ2n) is 5.37. The fourth-order valence-electron chi connectivity index (χ4n) is 2.52. The molecule has 0 saturated carbocycles. The van der Waals surface area contributed by atoms with Gasteiger partial charge >= 0.3 is 7.48 Å². The Bertz CT molecular complexity index is 901. The van der Waals surface area contributed by atoms with E-state index in [-0.39, 0.29) is 5.78 Å². The van der Waals surface area contributed by atoms with E-state index in [1.54, 1.807) is 18.2 Å². The summed E-state index contributed by atoms with van der Waals surface area (Å²) in [5.74, 6) is 0.523. The Labute approximate surface area is 150 Å². The maximum atomic E-state index is 12.5. The second kappa shape index (κ2) is 7.50.